The van der Waals surface area contributed by atoms with Crippen LogP contribution in [-0.2, 0) is 9.47 Å². The van der Waals surface area contributed by atoms with Gasteiger partial charge in [-0.1, -0.05) is 48.5 Å². The second-order valence-electron chi connectivity index (χ2n) is 7.59. The first kappa shape index (κ1) is 23.1. The summed E-state index contributed by atoms with van der Waals surface area (Å²) >= 11 is 0. The van der Waals surface area contributed by atoms with Crippen molar-refractivity contribution in [2.45, 2.75) is 25.4 Å². The third-order valence-electron chi connectivity index (χ3n) is 5.41. The van der Waals surface area contributed by atoms with Gasteiger partial charge in [-0.15, -0.1) is 0 Å². The number of guanidine groups is 1. The van der Waals surface area contributed by atoms with Gasteiger partial charge in [0.2, 0.25) is 0 Å². The number of ether oxygens (including phenoxy) is 3. The van der Waals surface area contributed by atoms with Crippen LogP contribution in [-0.4, -0.2) is 70.6 Å². The van der Waals surface area contributed by atoms with E-state index in [2.05, 4.69) is 33.4 Å². The van der Waals surface area contributed by atoms with Crippen molar-refractivity contribution < 1.29 is 14.2 Å². The van der Waals surface area contributed by atoms with E-state index in [-0.39, 0.29) is 0 Å². The van der Waals surface area contributed by atoms with E-state index in [1.165, 1.54) is 0 Å². The van der Waals surface area contributed by atoms with E-state index in [0.717, 1.165) is 68.4 Å². The van der Waals surface area contributed by atoms with Crippen molar-refractivity contribution >= 4 is 5.96 Å². The van der Waals surface area contributed by atoms with Gasteiger partial charge in [-0.3, -0.25) is 4.99 Å². The Kier molecular flexibility index (Phi) is 9.67. The molecular formula is C25H35N3O3. The second kappa shape index (κ2) is 13.0. The van der Waals surface area contributed by atoms with Crippen LogP contribution in [0.1, 0.15) is 19.3 Å². The van der Waals surface area contributed by atoms with Crippen LogP contribution < -0.4 is 10.1 Å². The maximum absolute atomic E-state index is 6.09. The molecule has 1 aliphatic heterocycles. The highest BCUT2D eigenvalue weighted by molar-refractivity contribution is 5.80. The molecule has 3 rings (SSSR count). The van der Waals surface area contributed by atoms with Gasteiger partial charge >= 0.3 is 0 Å². The summed E-state index contributed by atoms with van der Waals surface area (Å²) in [7, 11) is 3.56. The third-order valence-corrected chi connectivity index (χ3v) is 5.41. The predicted molar refractivity (Wildman–Crippen MR) is 126 cm³/mol. The van der Waals surface area contributed by atoms with Crippen LogP contribution in [0.15, 0.2) is 59.6 Å². The summed E-state index contributed by atoms with van der Waals surface area (Å²) in [5.74, 6) is 1.83. The van der Waals surface area contributed by atoms with Crippen LogP contribution in [0.25, 0.3) is 11.1 Å². The smallest absolute Gasteiger partial charge is 0.193 e. The molecule has 2 aromatic carbocycles. The lowest BCUT2D eigenvalue weighted by atomic mass is 10.1. The molecule has 1 aliphatic rings. The van der Waals surface area contributed by atoms with Gasteiger partial charge in [0.25, 0.3) is 0 Å². The lowest BCUT2D eigenvalue weighted by Crippen LogP contribution is -2.47. The maximum Gasteiger partial charge on any atom is 0.193 e. The molecule has 0 atom stereocenters. The average molecular weight is 426 g/mol. The highest BCUT2D eigenvalue weighted by Gasteiger charge is 2.21. The van der Waals surface area contributed by atoms with E-state index in [9.17, 15) is 0 Å². The van der Waals surface area contributed by atoms with Crippen LogP contribution >= 0.6 is 0 Å². The van der Waals surface area contributed by atoms with E-state index in [1.807, 2.05) is 43.4 Å². The fourth-order valence-corrected chi connectivity index (χ4v) is 3.79. The molecule has 0 saturated carbocycles. The van der Waals surface area contributed by atoms with Gasteiger partial charge in [0, 0.05) is 46.0 Å². The van der Waals surface area contributed by atoms with Crippen molar-refractivity contribution in [1.82, 2.24) is 10.2 Å². The molecular weight excluding hydrogens is 390 g/mol. The Bertz CT molecular complexity index is 790. The van der Waals surface area contributed by atoms with Gasteiger partial charge < -0.3 is 24.4 Å². The number of piperidine rings is 1. The molecule has 1 heterocycles. The largest absolute Gasteiger partial charge is 0.491 e. The number of aliphatic imine (C=N–C) groups is 1. The molecule has 31 heavy (non-hydrogen) atoms. The van der Waals surface area contributed by atoms with Gasteiger partial charge in [0.1, 0.15) is 12.4 Å². The lowest BCUT2D eigenvalue weighted by molar-refractivity contribution is 0.00989. The molecule has 1 fully saturated rings. The summed E-state index contributed by atoms with van der Waals surface area (Å²) < 4.78 is 17.1. The first-order valence-electron chi connectivity index (χ1n) is 11.1. The first-order valence-corrected chi connectivity index (χ1v) is 11.1. The Labute approximate surface area is 186 Å². The second-order valence-corrected chi connectivity index (χ2v) is 7.59. The van der Waals surface area contributed by atoms with Gasteiger partial charge in [-0.2, -0.15) is 0 Å². The van der Waals surface area contributed by atoms with Crippen LogP contribution in [0.4, 0.5) is 0 Å². The van der Waals surface area contributed by atoms with Crippen LogP contribution in [0.3, 0.4) is 0 Å². The van der Waals surface area contributed by atoms with Gasteiger partial charge in [0.05, 0.1) is 12.6 Å². The molecule has 2 aromatic rings. The Balaban J connectivity index is 1.41. The van der Waals surface area contributed by atoms with Crippen LogP contribution in [0, 0.1) is 0 Å². The van der Waals surface area contributed by atoms with E-state index >= 15 is 0 Å². The minimum atomic E-state index is 0.337. The molecule has 0 unspecified atom stereocenters. The van der Waals surface area contributed by atoms with E-state index in [0.29, 0.717) is 19.3 Å². The highest BCUT2D eigenvalue weighted by Crippen LogP contribution is 2.29. The number of benzene rings is 2. The van der Waals surface area contributed by atoms with Gasteiger partial charge in [0.15, 0.2) is 5.96 Å². The number of methoxy groups -OCH3 is 1. The van der Waals surface area contributed by atoms with Crippen molar-refractivity contribution in [1.29, 1.82) is 0 Å². The molecule has 1 N–H and O–H groups in total. The molecule has 0 spiro atoms. The summed E-state index contributed by atoms with van der Waals surface area (Å²) in [5.41, 5.74) is 2.27. The topological polar surface area (TPSA) is 55.3 Å². The van der Waals surface area contributed by atoms with Crippen LogP contribution in [0.2, 0.25) is 0 Å². The molecule has 168 valence electrons. The number of para-hydroxylation sites is 1. The summed E-state index contributed by atoms with van der Waals surface area (Å²) in [4.78, 5) is 6.75. The highest BCUT2D eigenvalue weighted by atomic mass is 16.5. The van der Waals surface area contributed by atoms with Crippen LogP contribution in [0.5, 0.6) is 5.75 Å². The Morgan fingerprint density at radius 2 is 1.74 bits per heavy atom. The standard InChI is InChI=1S/C25H35N3O3/c1-26-25(28-16-13-22(14-17-28)30-19-8-18-29-2)27-15-20-31-24-12-7-6-11-23(24)21-9-4-3-5-10-21/h3-7,9-12,22H,8,13-20H2,1-2H3,(H,26,27). The number of rotatable bonds is 10. The molecule has 6 nitrogen and oxygen atoms in total. The monoisotopic (exact) mass is 425 g/mol. The quantitative estimate of drug-likeness (QED) is 0.356. The SMILES string of the molecule is CN=C(NCCOc1ccccc1-c1ccccc1)N1CCC(OCCCOC)CC1. The number of nitrogens with one attached hydrogen (secondary N) is 1. The average Bonchev–Trinajstić information content (AvgIpc) is 2.83. The van der Waals surface area contributed by atoms with Gasteiger partial charge in [-0.25, -0.2) is 0 Å². The van der Waals surface area contributed by atoms with Crippen molar-refractivity contribution in [3.8, 4) is 16.9 Å². The van der Waals surface area contributed by atoms with Gasteiger partial charge in [-0.05, 0) is 30.9 Å². The molecule has 0 aliphatic carbocycles. The summed E-state index contributed by atoms with van der Waals surface area (Å²) in [6.45, 7) is 4.70. The molecule has 1 saturated heterocycles. The minimum Gasteiger partial charge on any atom is -0.491 e. The van der Waals surface area contributed by atoms with Crippen molar-refractivity contribution in [2.24, 2.45) is 4.99 Å². The molecule has 6 heteroatoms. The lowest BCUT2D eigenvalue weighted by Gasteiger charge is -2.34. The number of hydrogen-bond donors (Lipinski definition) is 1. The first-order chi connectivity index (χ1) is 15.3. The molecule has 0 aromatic heterocycles. The zero-order valence-corrected chi connectivity index (χ0v) is 18.8. The Morgan fingerprint density at radius 3 is 2.48 bits per heavy atom. The predicted octanol–water partition coefficient (Wildman–Crippen LogP) is 3.83. The van der Waals surface area contributed by atoms with Crippen molar-refractivity contribution in [2.75, 3.05) is 53.6 Å². The van der Waals surface area contributed by atoms with E-state index in [1.54, 1.807) is 7.11 Å². The maximum atomic E-state index is 6.09. The summed E-state index contributed by atoms with van der Waals surface area (Å²) in [6, 6.07) is 18.5. The summed E-state index contributed by atoms with van der Waals surface area (Å²) in [5, 5.41) is 3.44. The van der Waals surface area contributed by atoms with E-state index < -0.39 is 0 Å². The Hall–Kier alpha value is -2.57. The molecule has 0 radical (unpaired) electrons. The fraction of sp³-hybridized carbons (Fsp3) is 0.480. The van der Waals surface area contributed by atoms with Crippen molar-refractivity contribution in [3.63, 3.8) is 0 Å². The number of nitrogens with zero attached hydrogens (tertiary/aromatic N) is 2. The minimum absolute atomic E-state index is 0.337. The van der Waals surface area contributed by atoms with E-state index in [4.69, 9.17) is 14.2 Å². The molecule has 0 amide bonds. The number of hydrogen-bond acceptors (Lipinski definition) is 4. The molecule has 0 bridgehead atoms. The fourth-order valence-electron chi connectivity index (χ4n) is 3.79. The third kappa shape index (κ3) is 7.26. The zero-order chi connectivity index (χ0) is 21.7. The summed E-state index contributed by atoms with van der Waals surface area (Å²) in [6.07, 6.45) is 3.33. The number of likely N-dealkylation sites (tertiary alicyclic amines) is 1. The normalized spacial score (nSPS) is 15.2. The van der Waals surface area contributed by atoms with Crippen molar-refractivity contribution in [3.05, 3.63) is 54.6 Å². The Morgan fingerprint density at radius 1 is 1.00 bits per heavy atom. The zero-order valence-electron chi connectivity index (χ0n) is 18.8.